The van der Waals surface area contributed by atoms with Crippen LogP contribution in [0.1, 0.15) is 59.4 Å². The first-order chi connectivity index (χ1) is 12.8. The first-order valence-electron chi connectivity index (χ1n) is 9.35. The van der Waals surface area contributed by atoms with Gasteiger partial charge in [-0.25, -0.2) is 0 Å². The number of carbonyl (C=O) groups excluding carboxylic acids is 2. The van der Waals surface area contributed by atoms with Crippen LogP contribution >= 0.6 is 0 Å². The summed E-state index contributed by atoms with van der Waals surface area (Å²) in [4.78, 5) is 25.3. The highest BCUT2D eigenvalue weighted by atomic mass is 16.4. The number of furan rings is 1. The molecule has 2 aromatic heterocycles. The number of nitrogens with one attached hydrogen (secondary N) is 1. The number of aryl methyl sites for hydroxylation is 1. The predicted octanol–water partition coefficient (Wildman–Crippen LogP) is 4.97. The first-order valence-corrected chi connectivity index (χ1v) is 9.35. The maximum Gasteiger partial charge on any atom is 0.291 e. The van der Waals surface area contributed by atoms with E-state index in [1.807, 2.05) is 44.3 Å². The molecule has 1 aliphatic carbocycles. The third-order valence-electron chi connectivity index (χ3n) is 5.35. The summed E-state index contributed by atoms with van der Waals surface area (Å²) in [5.74, 6) is 0.609. The van der Waals surface area contributed by atoms with E-state index in [1.165, 1.54) is 0 Å². The van der Waals surface area contributed by atoms with E-state index < -0.39 is 0 Å². The summed E-state index contributed by atoms with van der Waals surface area (Å²) in [6, 6.07) is 7.87. The van der Waals surface area contributed by atoms with Crippen molar-refractivity contribution in [3.05, 3.63) is 53.1 Å². The number of fused-ring (bicyclic) bond motifs is 2. The number of hydrogen-bond donors (Lipinski definition) is 1. The lowest BCUT2D eigenvalue weighted by atomic mass is 9.76. The zero-order chi connectivity index (χ0) is 19.3. The summed E-state index contributed by atoms with van der Waals surface area (Å²) in [6.45, 7) is 8.88. The molecule has 0 spiro atoms. The Labute approximate surface area is 158 Å². The van der Waals surface area contributed by atoms with Crippen molar-refractivity contribution in [2.45, 2.75) is 47.1 Å². The highest BCUT2D eigenvalue weighted by Crippen LogP contribution is 2.38. The van der Waals surface area contributed by atoms with Gasteiger partial charge in [-0.1, -0.05) is 13.8 Å². The molecular formula is C22H24N2O3. The average Bonchev–Trinajstić information content (AvgIpc) is 3.14. The van der Waals surface area contributed by atoms with Crippen molar-refractivity contribution < 1.29 is 14.0 Å². The highest BCUT2D eigenvalue weighted by Gasteiger charge is 2.37. The molecule has 1 aliphatic rings. The number of aromatic nitrogens is 1. The lowest BCUT2D eigenvalue weighted by molar-refractivity contribution is 0.0898. The van der Waals surface area contributed by atoms with Gasteiger partial charge in [0.1, 0.15) is 5.76 Å². The molecule has 2 heterocycles. The van der Waals surface area contributed by atoms with Crippen molar-refractivity contribution in [3.8, 4) is 0 Å². The summed E-state index contributed by atoms with van der Waals surface area (Å²) in [7, 11) is 0. The predicted molar refractivity (Wildman–Crippen MR) is 105 cm³/mol. The number of nitrogens with zero attached hydrogens (tertiary/aromatic N) is 1. The number of anilines is 1. The van der Waals surface area contributed by atoms with Crippen LogP contribution in [-0.2, 0) is 13.0 Å². The van der Waals surface area contributed by atoms with Crippen molar-refractivity contribution in [3.63, 3.8) is 0 Å². The summed E-state index contributed by atoms with van der Waals surface area (Å²) in [5.41, 5.74) is 2.94. The largest absolute Gasteiger partial charge is 0.455 e. The van der Waals surface area contributed by atoms with Crippen LogP contribution in [0.25, 0.3) is 10.9 Å². The van der Waals surface area contributed by atoms with Crippen molar-refractivity contribution in [1.29, 1.82) is 0 Å². The molecule has 0 saturated carbocycles. The molecular weight excluding hydrogens is 340 g/mol. The minimum atomic E-state index is -0.318. The fraction of sp³-hybridized carbons (Fsp3) is 0.364. The molecule has 0 unspecified atom stereocenters. The molecule has 27 heavy (non-hydrogen) atoms. The molecule has 1 amide bonds. The van der Waals surface area contributed by atoms with Crippen molar-refractivity contribution in [2.75, 3.05) is 5.32 Å². The summed E-state index contributed by atoms with van der Waals surface area (Å²) in [6.07, 6.45) is 3.18. The minimum Gasteiger partial charge on any atom is -0.455 e. The Hall–Kier alpha value is -2.82. The van der Waals surface area contributed by atoms with Gasteiger partial charge in [0, 0.05) is 47.7 Å². The molecule has 4 rings (SSSR count). The molecule has 3 aromatic rings. The van der Waals surface area contributed by atoms with Gasteiger partial charge in [0.25, 0.3) is 5.91 Å². The number of rotatable bonds is 3. The Bertz CT molecular complexity index is 1070. The maximum atomic E-state index is 12.8. The third-order valence-corrected chi connectivity index (χ3v) is 5.35. The Morgan fingerprint density at radius 3 is 2.78 bits per heavy atom. The van der Waals surface area contributed by atoms with Crippen LogP contribution in [0, 0.1) is 12.3 Å². The molecule has 1 N–H and O–H groups in total. The first kappa shape index (κ1) is 17.6. The molecule has 0 fully saturated rings. The van der Waals surface area contributed by atoms with Crippen molar-refractivity contribution >= 4 is 28.3 Å². The van der Waals surface area contributed by atoms with Gasteiger partial charge in [-0.15, -0.1) is 0 Å². The van der Waals surface area contributed by atoms with Gasteiger partial charge >= 0.3 is 0 Å². The van der Waals surface area contributed by atoms with E-state index in [1.54, 1.807) is 6.92 Å². The molecule has 5 heteroatoms. The topological polar surface area (TPSA) is 64.2 Å². The lowest BCUT2D eigenvalue weighted by Gasteiger charge is -2.27. The number of ketones is 1. The normalized spacial score (nSPS) is 15.8. The molecule has 0 saturated heterocycles. The highest BCUT2D eigenvalue weighted by molar-refractivity contribution is 6.08. The number of amides is 1. The van der Waals surface area contributed by atoms with Gasteiger partial charge in [0.05, 0.1) is 5.56 Å². The molecule has 0 bridgehead atoms. The molecule has 0 atom stereocenters. The maximum absolute atomic E-state index is 12.8. The van der Waals surface area contributed by atoms with E-state index in [-0.39, 0.29) is 22.9 Å². The number of Topliss-reactive ketones (excluding diaryl/α,β-unsaturated/α-hetero) is 1. The number of carbonyl (C=O) groups is 2. The van der Waals surface area contributed by atoms with E-state index in [2.05, 4.69) is 16.8 Å². The zero-order valence-electron chi connectivity index (χ0n) is 16.2. The van der Waals surface area contributed by atoms with Gasteiger partial charge in [0.2, 0.25) is 0 Å². The van der Waals surface area contributed by atoms with Gasteiger partial charge in [-0.05, 0) is 43.5 Å². The molecule has 1 aromatic carbocycles. The average molecular weight is 364 g/mol. The molecule has 5 nitrogen and oxygen atoms in total. The van der Waals surface area contributed by atoms with Gasteiger partial charge in [-0.3, -0.25) is 9.59 Å². The van der Waals surface area contributed by atoms with Crippen LogP contribution in [0.3, 0.4) is 0 Å². The Morgan fingerprint density at radius 1 is 1.26 bits per heavy atom. The standard InChI is InChI=1S/C22H24N2O3/c1-5-24-9-8-14-10-15(6-7-16(14)24)23-21(26)20-13(2)19-17(25)11-22(3,4)12-18(19)27-20/h6-10H,5,11-12H2,1-4H3,(H,23,26). The Morgan fingerprint density at radius 2 is 2.04 bits per heavy atom. The lowest BCUT2D eigenvalue weighted by Crippen LogP contribution is -2.26. The molecule has 0 radical (unpaired) electrons. The zero-order valence-corrected chi connectivity index (χ0v) is 16.2. The summed E-state index contributed by atoms with van der Waals surface area (Å²) in [5, 5.41) is 3.98. The summed E-state index contributed by atoms with van der Waals surface area (Å²) < 4.78 is 8.00. The summed E-state index contributed by atoms with van der Waals surface area (Å²) >= 11 is 0. The Kier molecular flexibility index (Phi) is 3.98. The SMILES string of the molecule is CCn1ccc2cc(NC(=O)c3oc4c(c3C)C(=O)CC(C)(C)C4)ccc21. The second-order valence-electron chi connectivity index (χ2n) is 8.12. The van der Waals surface area contributed by atoms with Crippen molar-refractivity contribution in [2.24, 2.45) is 5.41 Å². The van der Waals surface area contributed by atoms with Crippen LogP contribution in [0.5, 0.6) is 0 Å². The second kappa shape index (κ2) is 6.12. The Balaban J connectivity index is 1.63. The smallest absolute Gasteiger partial charge is 0.291 e. The van der Waals surface area contributed by atoms with Crippen LogP contribution in [-0.4, -0.2) is 16.3 Å². The van der Waals surface area contributed by atoms with E-state index in [4.69, 9.17) is 4.42 Å². The number of hydrogen-bond acceptors (Lipinski definition) is 3. The van der Waals surface area contributed by atoms with E-state index in [0.717, 1.165) is 17.4 Å². The van der Waals surface area contributed by atoms with Gasteiger partial charge in [0.15, 0.2) is 11.5 Å². The third kappa shape index (κ3) is 2.97. The molecule has 0 aliphatic heterocycles. The second-order valence-corrected chi connectivity index (χ2v) is 8.12. The molecule has 140 valence electrons. The van der Waals surface area contributed by atoms with Crippen molar-refractivity contribution in [1.82, 2.24) is 4.57 Å². The van der Waals surface area contributed by atoms with Crippen LogP contribution < -0.4 is 5.32 Å². The van der Waals surface area contributed by atoms with Crippen LogP contribution in [0.2, 0.25) is 0 Å². The van der Waals surface area contributed by atoms with E-state index >= 15 is 0 Å². The fourth-order valence-electron chi connectivity index (χ4n) is 4.04. The van der Waals surface area contributed by atoms with Crippen LogP contribution in [0.4, 0.5) is 5.69 Å². The van der Waals surface area contributed by atoms with E-state index in [9.17, 15) is 9.59 Å². The van der Waals surface area contributed by atoms with Gasteiger partial charge < -0.3 is 14.3 Å². The number of benzene rings is 1. The van der Waals surface area contributed by atoms with Crippen LogP contribution in [0.15, 0.2) is 34.9 Å². The fourth-order valence-corrected chi connectivity index (χ4v) is 4.04. The monoisotopic (exact) mass is 364 g/mol. The van der Waals surface area contributed by atoms with E-state index in [0.29, 0.717) is 35.4 Å². The van der Waals surface area contributed by atoms with Gasteiger partial charge in [-0.2, -0.15) is 0 Å². The quantitative estimate of drug-likeness (QED) is 0.713. The minimum absolute atomic E-state index is 0.0591.